The lowest BCUT2D eigenvalue weighted by Gasteiger charge is -2.10. The van der Waals surface area contributed by atoms with Crippen LogP contribution in [0.3, 0.4) is 0 Å². The number of hydrogen-bond acceptors (Lipinski definition) is 3. The molecule has 20 heavy (non-hydrogen) atoms. The summed E-state index contributed by atoms with van der Waals surface area (Å²) >= 11 is 5.76. The molecule has 0 bridgehead atoms. The number of benzene rings is 1. The first kappa shape index (κ1) is 14.8. The molecule has 2 aromatic rings. The van der Waals surface area contributed by atoms with Gasteiger partial charge in [-0.3, -0.25) is 4.57 Å². The number of ether oxygens (including phenoxy) is 1. The lowest BCUT2D eigenvalue weighted by molar-refractivity contribution is 0.147. The zero-order valence-electron chi connectivity index (χ0n) is 11.3. The van der Waals surface area contributed by atoms with E-state index in [4.69, 9.17) is 16.3 Å². The van der Waals surface area contributed by atoms with E-state index in [1.54, 1.807) is 29.1 Å². The summed E-state index contributed by atoms with van der Waals surface area (Å²) in [5.41, 5.74) is 0.416. The molecule has 0 unspecified atom stereocenters. The molecule has 1 aromatic heterocycles. The summed E-state index contributed by atoms with van der Waals surface area (Å²) in [6.07, 6.45) is 4.19. The highest BCUT2D eigenvalue weighted by atomic mass is 35.5. The Hall–Kier alpha value is -1.59. The average molecular weight is 298 g/mol. The molecule has 0 fully saturated rings. The number of anilines is 1. The van der Waals surface area contributed by atoms with Crippen molar-refractivity contribution in [2.75, 3.05) is 25.1 Å². The van der Waals surface area contributed by atoms with Crippen LogP contribution in [0.15, 0.2) is 30.6 Å². The Morgan fingerprint density at radius 1 is 1.45 bits per heavy atom. The minimum atomic E-state index is -0.382. The minimum Gasteiger partial charge on any atom is -0.382 e. The van der Waals surface area contributed by atoms with Gasteiger partial charge in [0.25, 0.3) is 0 Å². The summed E-state index contributed by atoms with van der Waals surface area (Å²) in [4.78, 5) is 4.19. The van der Waals surface area contributed by atoms with E-state index in [0.29, 0.717) is 36.4 Å². The van der Waals surface area contributed by atoms with E-state index in [-0.39, 0.29) is 5.82 Å². The van der Waals surface area contributed by atoms with Crippen LogP contribution in [0.1, 0.15) is 13.3 Å². The fraction of sp³-hybridized carbons (Fsp3) is 0.357. The van der Waals surface area contributed by atoms with Gasteiger partial charge in [-0.2, -0.15) is 0 Å². The van der Waals surface area contributed by atoms with Crippen molar-refractivity contribution in [1.29, 1.82) is 0 Å². The monoisotopic (exact) mass is 297 g/mol. The highest BCUT2D eigenvalue weighted by Crippen LogP contribution is 2.21. The Kier molecular flexibility index (Phi) is 5.38. The van der Waals surface area contributed by atoms with Crippen LogP contribution in [0.4, 0.5) is 10.3 Å². The topological polar surface area (TPSA) is 39.1 Å². The van der Waals surface area contributed by atoms with Crippen molar-refractivity contribution >= 4 is 17.5 Å². The second-order valence-electron chi connectivity index (χ2n) is 4.19. The third-order valence-corrected chi connectivity index (χ3v) is 3.00. The van der Waals surface area contributed by atoms with Crippen LogP contribution in [0.25, 0.3) is 5.69 Å². The summed E-state index contributed by atoms with van der Waals surface area (Å²) in [5.74, 6) is 0.218. The number of aromatic nitrogens is 2. The maximum atomic E-state index is 13.9. The maximum absolute atomic E-state index is 13.9. The third-order valence-electron chi connectivity index (χ3n) is 2.76. The molecule has 1 heterocycles. The van der Waals surface area contributed by atoms with E-state index in [9.17, 15) is 4.39 Å². The number of hydrogen-bond donors (Lipinski definition) is 1. The average Bonchev–Trinajstić information content (AvgIpc) is 2.87. The van der Waals surface area contributed by atoms with Crippen LogP contribution in [0.5, 0.6) is 0 Å². The molecule has 0 aliphatic rings. The third kappa shape index (κ3) is 3.71. The molecule has 0 saturated heterocycles. The molecule has 1 N–H and O–H groups in total. The number of rotatable bonds is 7. The zero-order chi connectivity index (χ0) is 14.4. The Bertz CT molecular complexity index is 559. The first-order valence-corrected chi connectivity index (χ1v) is 6.90. The smallest absolute Gasteiger partial charge is 0.207 e. The fourth-order valence-corrected chi connectivity index (χ4v) is 1.98. The van der Waals surface area contributed by atoms with E-state index in [1.807, 2.05) is 6.92 Å². The molecular weight excluding hydrogens is 281 g/mol. The number of halogens is 2. The Morgan fingerprint density at radius 2 is 2.30 bits per heavy atom. The molecular formula is C14H17ClFN3O. The van der Waals surface area contributed by atoms with E-state index < -0.39 is 0 Å². The van der Waals surface area contributed by atoms with Gasteiger partial charge < -0.3 is 10.1 Å². The molecule has 1 aromatic carbocycles. The molecule has 4 nitrogen and oxygen atoms in total. The van der Waals surface area contributed by atoms with Gasteiger partial charge in [-0.25, -0.2) is 9.37 Å². The predicted octanol–water partition coefficient (Wildman–Crippen LogP) is 3.50. The minimum absolute atomic E-state index is 0.373. The van der Waals surface area contributed by atoms with Crippen LogP contribution < -0.4 is 5.32 Å². The van der Waals surface area contributed by atoms with E-state index in [2.05, 4.69) is 10.3 Å². The number of imidazole rings is 1. The molecule has 2 rings (SSSR count). The van der Waals surface area contributed by atoms with Gasteiger partial charge >= 0.3 is 0 Å². The largest absolute Gasteiger partial charge is 0.382 e. The number of nitrogens with zero attached hydrogens (tertiary/aromatic N) is 2. The van der Waals surface area contributed by atoms with Crippen LogP contribution in [-0.4, -0.2) is 29.3 Å². The SMILES string of the molecule is CCOCCCNc1nccn1-c1ccc(Cl)cc1F. The molecule has 6 heteroatoms. The normalized spacial score (nSPS) is 10.8. The predicted molar refractivity (Wildman–Crippen MR) is 78.1 cm³/mol. The van der Waals surface area contributed by atoms with Crippen molar-refractivity contribution in [3.8, 4) is 5.69 Å². The first-order valence-electron chi connectivity index (χ1n) is 6.52. The van der Waals surface area contributed by atoms with E-state index in [1.165, 1.54) is 6.07 Å². The maximum Gasteiger partial charge on any atom is 0.207 e. The van der Waals surface area contributed by atoms with Gasteiger partial charge in [0.2, 0.25) is 5.95 Å². The Labute approximate surface area is 122 Å². The molecule has 0 spiro atoms. The highest BCUT2D eigenvalue weighted by molar-refractivity contribution is 6.30. The molecule has 0 saturated carbocycles. The van der Waals surface area contributed by atoms with Crippen LogP contribution in [-0.2, 0) is 4.74 Å². The Balaban J connectivity index is 2.04. The summed E-state index contributed by atoms with van der Waals surface area (Å²) in [6, 6.07) is 4.57. The van der Waals surface area contributed by atoms with Gasteiger partial charge in [-0.1, -0.05) is 11.6 Å². The van der Waals surface area contributed by atoms with Crippen LogP contribution >= 0.6 is 11.6 Å². The van der Waals surface area contributed by atoms with Gasteiger partial charge in [0.05, 0.1) is 5.69 Å². The van der Waals surface area contributed by atoms with Crippen LogP contribution in [0, 0.1) is 5.82 Å². The van der Waals surface area contributed by atoms with Crippen molar-refractivity contribution in [3.63, 3.8) is 0 Å². The lowest BCUT2D eigenvalue weighted by Crippen LogP contribution is -2.10. The highest BCUT2D eigenvalue weighted by Gasteiger charge is 2.09. The van der Waals surface area contributed by atoms with Crippen molar-refractivity contribution in [2.45, 2.75) is 13.3 Å². The van der Waals surface area contributed by atoms with Gasteiger partial charge in [-0.15, -0.1) is 0 Å². The zero-order valence-corrected chi connectivity index (χ0v) is 12.0. The molecule has 0 amide bonds. The van der Waals surface area contributed by atoms with Crippen LogP contribution in [0.2, 0.25) is 5.02 Å². The molecule has 108 valence electrons. The summed E-state index contributed by atoms with van der Waals surface area (Å²) in [7, 11) is 0. The van der Waals surface area contributed by atoms with Crippen molar-refractivity contribution in [3.05, 3.63) is 41.4 Å². The van der Waals surface area contributed by atoms with Crippen molar-refractivity contribution < 1.29 is 9.13 Å². The lowest BCUT2D eigenvalue weighted by atomic mass is 10.3. The quantitative estimate of drug-likeness (QED) is 0.795. The summed E-state index contributed by atoms with van der Waals surface area (Å²) < 4.78 is 20.8. The molecule has 0 atom stereocenters. The fourth-order valence-electron chi connectivity index (χ4n) is 1.82. The second kappa shape index (κ2) is 7.26. The van der Waals surface area contributed by atoms with Crippen molar-refractivity contribution in [2.24, 2.45) is 0 Å². The standard InChI is InChI=1S/C14H17ClFN3O/c1-2-20-9-3-6-17-14-18-7-8-19(14)13-5-4-11(15)10-12(13)16/h4-5,7-8,10H,2-3,6,9H2,1H3,(H,17,18). The summed E-state index contributed by atoms with van der Waals surface area (Å²) in [6.45, 7) is 4.08. The second-order valence-corrected chi connectivity index (χ2v) is 4.63. The molecule has 0 aliphatic heterocycles. The van der Waals surface area contributed by atoms with Gasteiger partial charge in [0.1, 0.15) is 5.82 Å². The van der Waals surface area contributed by atoms with Gasteiger partial charge in [0, 0.05) is 37.2 Å². The van der Waals surface area contributed by atoms with Gasteiger partial charge in [-0.05, 0) is 31.5 Å². The summed E-state index contributed by atoms with van der Waals surface area (Å²) in [5, 5.41) is 3.54. The first-order chi connectivity index (χ1) is 9.72. The Morgan fingerprint density at radius 3 is 3.05 bits per heavy atom. The van der Waals surface area contributed by atoms with E-state index >= 15 is 0 Å². The van der Waals surface area contributed by atoms with Crippen molar-refractivity contribution in [1.82, 2.24) is 9.55 Å². The van der Waals surface area contributed by atoms with E-state index in [0.717, 1.165) is 6.42 Å². The number of nitrogens with one attached hydrogen (secondary N) is 1. The molecule has 0 radical (unpaired) electrons. The van der Waals surface area contributed by atoms with Gasteiger partial charge in [0.15, 0.2) is 0 Å². The molecule has 0 aliphatic carbocycles.